The molecule has 1 amide bonds. The molecule has 20 heavy (non-hydrogen) atoms. The molecule has 1 aliphatic rings. The van der Waals surface area contributed by atoms with Crippen LogP contribution in [0, 0.1) is 6.92 Å². The van der Waals surface area contributed by atoms with Crippen molar-refractivity contribution in [3.8, 4) is 0 Å². The summed E-state index contributed by atoms with van der Waals surface area (Å²) in [4.78, 5) is 17.0. The highest BCUT2D eigenvalue weighted by molar-refractivity contribution is 5.96. The van der Waals surface area contributed by atoms with Crippen molar-refractivity contribution < 1.29 is 4.79 Å². The summed E-state index contributed by atoms with van der Waals surface area (Å²) in [6.45, 7) is 9.00. The van der Waals surface area contributed by atoms with Gasteiger partial charge in [-0.15, -0.1) is 0 Å². The number of rotatable bonds is 4. The van der Waals surface area contributed by atoms with Gasteiger partial charge in [0.05, 0.1) is 0 Å². The summed E-state index contributed by atoms with van der Waals surface area (Å²) < 4.78 is 0. The first-order chi connectivity index (χ1) is 9.65. The number of piperazine rings is 1. The van der Waals surface area contributed by atoms with Crippen molar-refractivity contribution >= 4 is 11.6 Å². The molecule has 1 N–H and O–H groups in total. The van der Waals surface area contributed by atoms with Crippen LogP contribution in [0.3, 0.4) is 0 Å². The van der Waals surface area contributed by atoms with E-state index in [1.165, 1.54) is 6.42 Å². The predicted octanol–water partition coefficient (Wildman–Crippen LogP) is 2.20. The number of carbonyl (C=O) groups is 1. The van der Waals surface area contributed by atoms with Gasteiger partial charge in [-0.25, -0.2) is 0 Å². The third-order valence-electron chi connectivity index (χ3n) is 3.94. The highest BCUT2D eigenvalue weighted by Gasteiger charge is 2.22. The Morgan fingerprint density at radius 3 is 2.50 bits per heavy atom. The zero-order chi connectivity index (χ0) is 14.5. The Balaban J connectivity index is 2.02. The van der Waals surface area contributed by atoms with E-state index in [1.807, 2.05) is 37.1 Å². The van der Waals surface area contributed by atoms with E-state index in [0.29, 0.717) is 0 Å². The van der Waals surface area contributed by atoms with Crippen LogP contribution in [0.1, 0.15) is 29.3 Å². The molecule has 1 aliphatic heterocycles. The molecule has 2 rings (SSSR count). The minimum atomic E-state index is 0.168. The minimum Gasteiger partial charge on any atom is -0.388 e. The largest absolute Gasteiger partial charge is 0.388 e. The lowest BCUT2D eigenvalue weighted by molar-refractivity contribution is 0.0637. The summed E-state index contributed by atoms with van der Waals surface area (Å²) in [5.74, 6) is 0.168. The molecular weight excluding hydrogens is 250 g/mol. The molecule has 1 fully saturated rings. The van der Waals surface area contributed by atoms with E-state index in [-0.39, 0.29) is 5.91 Å². The smallest absolute Gasteiger partial charge is 0.254 e. The van der Waals surface area contributed by atoms with E-state index in [9.17, 15) is 4.79 Å². The molecule has 4 nitrogen and oxygen atoms in total. The maximum Gasteiger partial charge on any atom is 0.254 e. The van der Waals surface area contributed by atoms with Gasteiger partial charge in [0.1, 0.15) is 0 Å². The van der Waals surface area contributed by atoms with Crippen LogP contribution in [0.15, 0.2) is 18.2 Å². The average Bonchev–Trinajstić information content (AvgIpc) is 2.47. The standard InChI is InChI=1S/C16H25N3O/c1-4-7-18-8-10-19(11-9-18)16(20)15-6-5-14(17-3)12-13(15)2/h5-6,12,17H,4,7-11H2,1-3H3. The van der Waals surface area contributed by atoms with Crippen LogP contribution in [-0.2, 0) is 0 Å². The maximum absolute atomic E-state index is 12.6. The summed E-state index contributed by atoms with van der Waals surface area (Å²) in [5, 5.41) is 3.10. The second-order valence-electron chi connectivity index (χ2n) is 5.41. The number of amides is 1. The lowest BCUT2D eigenvalue weighted by Gasteiger charge is -2.34. The highest BCUT2D eigenvalue weighted by atomic mass is 16.2. The number of anilines is 1. The molecule has 0 aliphatic carbocycles. The Hall–Kier alpha value is -1.55. The van der Waals surface area contributed by atoms with Gasteiger partial charge in [0.25, 0.3) is 5.91 Å². The summed E-state index contributed by atoms with van der Waals surface area (Å²) in [7, 11) is 1.89. The second kappa shape index (κ2) is 6.75. The van der Waals surface area contributed by atoms with Crippen molar-refractivity contribution in [1.29, 1.82) is 0 Å². The van der Waals surface area contributed by atoms with E-state index in [2.05, 4.69) is 17.1 Å². The molecule has 110 valence electrons. The predicted molar refractivity (Wildman–Crippen MR) is 83.4 cm³/mol. The van der Waals surface area contributed by atoms with Crippen molar-refractivity contribution in [2.75, 3.05) is 45.1 Å². The quantitative estimate of drug-likeness (QED) is 0.915. The molecule has 0 radical (unpaired) electrons. The van der Waals surface area contributed by atoms with Crippen molar-refractivity contribution in [2.45, 2.75) is 20.3 Å². The van der Waals surface area contributed by atoms with Crippen LogP contribution in [0.2, 0.25) is 0 Å². The van der Waals surface area contributed by atoms with E-state index >= 15 is 0 Å². The fraction of sp³-hybridized carbons (Fsp3) is 0.562. The Bertz CT molecular complexity index is 465. The van der Waals surface area contributed by atoms with E-state index in [1.54, 1.807) is 0 Å². The number of aryl methyl sites for hydroxylation is 1. The number of benzene rings is 1. The Morgan fingerprint density at radius 2 is 1.95 bits per heavy atom. The van der Waals surface area contributed by atoms with E-state index in [0.717, 1.165) is 49.5 Å². The molecule has 0 atom stereocenters. The fourth-order valence-electron chi connectivity index (χ4n) is 2.72. The minimum absolute atomic E-state index is 0.168. The number of nitrogens with zero attached hydrogens (tertiary/aromatic N) is 2. The average molecular weight is 275 g/mol. The van der Waals surface area contributed by atoms with Crippen LogP contribution < -0.4 is 5.32 Å². The second-order valence-corrected chi connectivity index (χ2v) is 5.41. The van der Waals surface area contributed by atoms with Crippen LogP contribution in [0.4, 0.5) is 5.69 Å². The summed E-state index contributed by atoms with van der Waals surface area (Å²) >= 11 is 0. The van der Waals surface area contributed by atoms with Gasteiger partial charge in [0.15, 0.2) is 0 Å². The molecule has 4 heteroatoms. The molecule has 0 unspecified atom stereocenters. The molecule has 1 heterocycles. The van der Waals surface area contributed by atoms with Gasteiger partial charge < -0.3 is 10.2 Å². The van der Waals surface area contributed by atoms with Gasteiger partial charge in [-0.2, -0.15) is 0 Å². The maximum atomic E-state index is 12.6. The third-order valence-corrected chi connectivity index (χ3v) is 3.94. The van der Waals surface area contributed by atoms with Gasteiger partial charge in [0, 0.05) is 44.5 Å². The van der Waals surface area contributed by atoms with E-state index < -0.39 is 0 Å². The van der Waals surface area contributed by atoms with Gasteiger partial charge in [-0.1, -0.05) is 6.92 Å². The summed E-state index contributed by atoms with van der Waals surface area (Å²) in [5.41, 5.74) is 2.91. The van der Waals surface area contributed by atoms with Crippen molar-refractivity contribution in [3.05, 3.63) is 29.3 Å². The SMILES string of the molecule is CCCN1CCN(C(=O)c2ccc(NC)cc2C)CC1. The van der Waals surface area contributed by atoms with Gasteiger partial charge in [-0.3, -0.25) is 9.69 Å². The molecule has 0 saturated carbocycles. The normalized spacial score (nSPS) is 16.2. The van der Waals surface area contributed by atoms with Gasteiger partial charge >= 0.3 is 0 Å². The lowest BCUT2D eigenvalue weighted by Crippen LogP contribution is -2.48. The van der Waals surface area contributed by atoms with Crippen molar-refractivity contribution in [1.82, 2.24) is 9.80 Å². The van der Waals surface area contributed by atoms with Crippen molar-refractivity contribution in [2.24, 2.45) is 0 Å². The molecular formula is C16H25N3O. The molecule has 0 aromatic heterocycles. The molecule has 1 aromatic rings. The third kappa shape index (κ3) is 3.31. The van der Waals surface area contributed by atoms with Gasteiger partial charge in [0.2, 0.25) is 0 Å². The topological polar surface area (TPSA) is 35.6 Å². The first-order valence-corrected chi connectivity index (χ1v) is 7.45. The van der Waals surface area contributed by atoms with Crippen molar-refractivity contribution in [3.63, 3.8) is 0 Å². The van der Waals surface area contributed by atoms with E-state index in [4.69, 9.17) is 0 Å². The molecule has 0 bridgehead atoms. The monoisotopic (exact) mass is 275 g/mol. The van der Waals surface area contributed by atoms with Gasteiger partial charge in [-0.05, 0) is 43.7 Å². The Kier molecular flexibility index (Phi) is 5.01. The fourth-order valence-corrected chi connectivity index (χ4v) is 2.72. The highest BCUT2D eigenvalue weighted by Crippen LogP contribution is 2.17. The van der Waals surface area contributed by atoms with Crippen LogP contribution in [0.5, 0.6) is 0 Å². The molecule has 1 aromatic carbocycles. The summed E-state index contributed by atoms with van der Waals surface area (Å²) in [6.07, 6.45) is 1.18. The lowest BCUT2D eigenvalue weighted by atomic mass is 10.1. The molecule has 0 spiro atoms. The molecule has 1 saturated heterocycles. The number of carbonyl (C=O) groups excluding carboxylic acids is 1. The first kappa shape index (κ1) is 14.9. The summed E-state index contributed by atoms with van der Waals surface area (Å²) in [6, 6.07) is 5.93. The zero-order valence-electron chi connectivity index (χ0n) is 12.8. The van der Waals surface area contributed by atoms with Crippen LogP contribution >= 0.6 is 0 Å². The van der Waals surface area contributed by atoms with Crippen LogP contribution in [0.25, 0.3) is 0 Å². The number of nitrogens with one attached hydrogen (secondary N) is 1. The first-order valence-electron chi connectivity index (χ1n) is 7.45. The number of hydrogen-bond acceptors (Lipinski definition) is 3. The number of hydrogen-bond donors (Lipinski definition) is 1. The Morgan fingerprint density at radius 1 is 1.25 bits per heavy atom. The zero-order valence-corrected chi connectivity index (χ0v) is 12.8. The Labute approximate surface area is 121 Å². The van der Waals surface area contributed by atoms with Crippen LogP contribution in [-0.4, -0.2) is 55.5 Å².